The van der Waals surface area contributed by atoms with Crippen LogP contribution in [-0.2, 0) is 21.4 Å². The summed E-state index contributed by atoms with van der Waals surface area (Å²) in [5.74, 6) is -7.36. The molecule has 0 aliphatic carbocycles. The van der Waals surface area contributed by atoms with Crippen molar-refractivity contribution in [3.05, 3.63) is 56.7 Å². The number of nitrogens with zero attached hydrogens (tertiary/aromatic N) is 2. The Labute approximate surface area is 188 Å². The van der Waals surface area contributed by atoms with E-state index in [0.717, 1.165) is 17.4 Å². The number of aryl methyl sites for hydroxylation is 2. The predicted molar refractivity (Wildman–Crippen MR) is 112 cm³/mol. The van der Waals surface area contributed by atoms with Gasteiger partial charge in [0.25, 0.3) is 11.5 Å². The fourth-order valence-corrected chi connectivity index (χ4v) is 3.82. The van der Waals surface area contributed by atoms with Crippen molar-refractivity contribution < 1.29 is 32.3 Å². The molecular weight excluding hydrogens is 465 g/mol. The number of amides is 2. The van der Waals surface area contributed by atoms with Crippen molar-refractivity contribution in [2.24, 2.45) is 7.05 Å². The van der Waals surface area contributed by atoms with Crippen LogP contribution in [0.25, 0.3) is 10.2 Å². The average molecular weight is 482 g/mol. The third-order valence-corrected chi connectivity index (χ3v) is 5.76. The molecule has 1 aromatic carbocycles. The highest BCUT2D eigenvalue weighted by Crippen LogP contribution is 2.27. The minimum atomic E-state index is -1.75. The van der Waals surface area contributed by atoms with E-state index < -0.39 is 53.6 Å². The first-order chi connectivity index (χ1) is 15.5. The summed E-state index contributed by atoms with van der Waals surface area (Å²) in [5.41, 5.74) is -0.566. The second kappa shape index (κ2) is 9.40. The van der Waals surface area contributed by atoms with E-state index in [0.29, 0.717) is 16.5 Å². The van der Waals surface area contributed by atoms with E-state index in [-0.39, 0.29) is 15.8 Å². The number of aromatic nitrogens is 2. The molecule has 2 aromatic heterocycles. The zero-order valence-corrected chi connectivity index (χ0v) is 18.3. The first kappa shape index (κ1) is 23.9. The van der Waals surface area contributed by atoms with Gasteiger partial charge in [0.05, 0.1) is 23.9 Å². The summed E-state index contributed by atoms with van der Waals surface area (Å²) in [5, 5.41) is 4.45. The summed E-state index contributed by atoms with van der Waals surface area (Å²) in [6.45, 7) is 2.17. The SMILES string of the molecule is Cc1c(C(=O)OC(C)C(=O)NCC(=O)Nc2ccc(F)c(F)c2F)sc2ncn(C)c(=O)c12. The number of hydrogen-bond donors (Lipinski definition) is 2. The quantitative estimate of drug-likeness (QED) is 0.410. The Morgan fingerprint density at radius 2 is 1.91 bits per heavy atom. The van der Waals surface area contributed by atoms with Gasteiger partial charge in [-0.15, -0.1) is 11.3 Å². The van der Waals surface area contributed by atoms with Crippen LogP contribution in [0.4, 0.5) is 18.9 Å². The number of thiophene rings is 1. The Bertz CT molecular complexity index is 1340. The number of carbonyl (C=O) groups excluding carboxylic acids is 3. The molecule has 1 unspecified atom stereocenters. The van der Waals surface area contributed by atoms with Gasteiger partial charge in [-0.3, -0.25) is 14.4 Å². The lowest BCUT2D eigenvalue weighted by atomic mass is 10.2. The van der Waals surface area contributed by atoms with Crippen LogP contribution in [0.1, 0.15) is 22.2 Å². The normalized spacial score (nSPS) is 11.8. The van der Waals surface area contributed by atoms with Gasteiger partial charge in [-0.1, -0.05) is 0 Å². The molecule has 9 nitrogen and oxygen atoms in total. The third kappa shape index (κ3) is 4.87. The van der Waals surface area contributed by atoms with Crippen LogP contribution in [-0.4, -0.2) is 40.0 Å². The first-order valence-corrected chi connectivity index (χ1v) is 10.2. The Hall–Kier alpha value is -3.74. The van der Waals surface area contributed by atoms with E-state index in [9.17, 15) is 32.3 Å². The number of ether oxygens (including phenoxy) is 1. The fraction of sp³-hybridized carbons (Fsp3) is 0.250. The molecule has 0 saturated carbocycles. The molecule has 2 heterocycles. The largest absolute Gasteiger partial charge is 0.448 e. The summed E-state index contributed by atoms with van der Waals surface area (Å²) in [4.78, 5) is 53.4. The van der Waals surface area contributed by atoms with Crippen LogP contribution in [0.2, 0.25) is 0 Å². The smallest absolute Gasteiger partial charge is 0.349 e. The van der Waals surface area contributed by atoms with Gasteiger partial charge in [0.1, 0.15) is 9.71 Å². The number of esters is 1. The van der Waals surface area contributed by atoms with Crippen molar-refractivity contribution >= 4 is 45.0 Å². The maximum absolute atomic E-state index is 13.6. The van der Waals surface area contributed by atoms with Crippen molar-refractivity contribution in [2.45, 2.75) is 20.0 Å². The molecule has 0 spiro atoms. The molecule has 174 valence electrons. The summed E-state index contributed by atoms with van der Waals surface area (Å²) >= 11 is 0.944. The molecule has 0 aliphatic heterocycles. The number of halogens is 3. The number of rotatable bonds is 6. The molecule has 0 bridgehead atoms. The molecule has 13 heteroatoms. The number of fused-ring (bicyclic) bond motifs is 1. The highest BCUT2D eigenvalue weighted by molar-refractivity contribution is 7.20. The highest BCUT2D eigenvalue weighted by Gasteiger charge is 2.25. The van der Waals surface area contributed by atoms with Crippen molar-refractivity contribution in [2.75, 3.05) is 11.9 Å². The summed E-state index contributed by atoms with van der Waals surface area (Å²) in [6, 6.07) is 1.46. The van der Waals surface area contributed by atoms with Crippen LogP contribution in [0.3, 0.4) is 0 Å². The van der Waals surface area contributed by atoms with Gasteiger partial charge < -0.3 is 19.9 Å². The van der Waals surface area contributed by atoms with Gasteiger partial charge in [-0.05, 0) is 31.5 Å². The van der Waals surface area contributed by atoms with Crippen LogP contribution >= 0.6 is 11.3 Å². The van der Waals surface area contributed by atoms with Gasteiger partial charge in [0.15, 0.2) is 23.6 Å². The highest BCUT2D eigenvalue weighted by atomic mass is 32.1. The number of hydrogen-bond acceptors (Lipinski definition) is 7. The lowest BCUT2D eigenvalue weighted by Gasteiger charge is -2.13. The van der Waals surface area contributed by atoms with E-state index >= 15 is 0 Å². The fourth-order valence-electron chi connectivity index (χ4n) is 2.80. The second-order valence-electron chi connectivity index (χ2n) is 6.93. The third-order valence-electron chi connectivity index (χ3n) is 4.58. The first-order valence-electron chi connectivity index (χ1n) is 9.38. The molecule has 0 fully saturated rings. The number of benzene rings is 1. The Morgan fingerprint density at radius 1 is 1.21 bits per heavy atom. The molecule has 33 heavy (non-hydrogen) atoms. The van der Waals surface area contributed by atoms with Crippen molar-refractivity contribution in [3.8, 4) is 0 Å². The molecule has 0 radical (unpaired) electrons. The van der Waals surface area contributed by atoms with E-state index in [1.165, 1.54) is 24.9 Å². The van der Waals surface area contributed by atoms with E-state index in [1.54, 1.807) is 6.92 Å². The molecule has 3 aromatic rings. The molecular formula is C20H17F3N4O5S. The molecule has 0 saturated heterocycles. The van der Waals surface area contributed by atoms with Crippen LogP contribution in [0.5, 0.6) is 0 Å². The monoisotopic (exact) mass is 482 g/mol. The van der Waals surface area contributed by atoms with Crippen molar-refractivity contribution in [3.63, 3.8) is 0 Å². The zero-order chi connectivity index (χ0) is 24.4. The van der Waals surface area contributed by atoms with Gasteiger partial charge in [-0.2, -0.15) is 0 Å². The van der Waals surface area contributed by atoms with E-state index in [1.807, 2.05) is 5.32 Å². The van der Waals surface area contributed by atoms with Crippen LogP contribution in [0.15, 0.2) is 23.3 Å². The molecule has 0 aliphatic rings. The number of nitrogens with one attached hydrogen (secondary N) is 2. The number of carbonyl (C=O) groups is 3. The molecule has 2 N–H and O–H groups in total. The minimum Gasteiger partial charge on any atom is -0.448 e. The second-order valence-corrected chi connectivity index (χ2v) is 7.93. The lowest BCUT2D eigenvalue weighted by Crippen LogP contribution is -2.40. The van der Waals surface area contributed by atoms with Gasteiger partial charge in [0, 0.05) is 7.05 Å². The summed E-state index contributed by atoms with van der Waals surface area (Å²) < 4.78 is 46.2. The molecule has 3 rings (SSSR count). The van der Waals surface area contributed by atoms with Gasteiger partial charge in [0.2, 0.25) is 5.91 Å². The van der Waals surface area contributed by atoms with E-state index in [4.69, 9.17) is 4.74 Å². The maximum Gasteiger partial charge on any atom is 0.349 e. The van der Waals surface area contributed by atoms with Crippen molar-refractivity contribution in [1.82, 2.24) is 14.9 Å². The minimum absolute atomic E-state index is 0.104. The Morgan fingerprint density at radius 3 is 2.61 bits per heavy atom. The summed E-state index contributed by atoms with van der Waals surface area (Å²) in [7, 11) is 1.52. The molecule has 2 amide bonds. The van der Waals surface area contributed by atoms with Gasteiger partial charge in [-0.25, -0.2) is 22.9 Å². The average Bonchev–Trinajstić information content (AvgIpc) is 3.12. The standard InChI is InChI=1S/C20H17F3N4O5S/c1-8-13-18(25-7-27(3)19(13)30)33-16(8)20(31)32-9(2)17(29)24-6-12(28)26-11-5-4-10(21)14(22)15(11)23/h4-5,7,9H,6H2,1-3H3,(H,24,29)(H,26,28). The summed E-state index contributed by atoms with van der Waals surface area (Å²) in [6.07, 6.45) is 0.00829. The van der Waals surface area contributed by atoms with E-state index in [2.05, 4.69) is 10.3 Å². The Kier molecular flexibility index (Phi) is 6.81. The van der Waals surface area contributed by atoms with Crippen LogP contribution < -0.4 is 16.2 Å². The number of anilines is 1. The topological polar surface area (TPSA) is 119 Å². The van der Waals surface area contributed by atoms with Gasteiger partial charge >= 0.3 is 5.97 Å². The Balaban J connectivity index is 1.60. The van der Waals surface area contributed by atoms with Crippen molar-refractivity contribution in [1.29, 1.82) is 0 Å². The van der Waals surface area contributed by atoms with Crippen LogP contribution in [0, 0.1) is 24.4 Å². The molecule has 1 atom stereocenters. The zero-order valence-electron chi connectivity index (χ0n) is 17.5. The maximum atomic E-state index is 13.6. The predicted octanol–water partition coefficient (Wildman–Crippen LogP) is 2.02. The lowest BCUT2D eigenvalue weighted by molar-refractivity contribution is -0.130.